The Kier molecular flexibility index (Phi) is 9.01. The van der Waals surface area contributed by atoms with Gasteiger partial charge >= 0.3 is 0 Å². The molecule has 3 aromatic rings. The van der Waals surface area contributed by atoms with Gasteiger partial charge in [0.15, 0.2) is 5.82 Å². The van der Waals surface area contributed by atoms with Crippen molar-refractivity contribution in [3.05, 3.63) is 40.7 Å². The molecule has 10 nitrogen and oxygen atoms in total. The third-order valence-electron chi connectivity index (χ3n) is 7.85. The Morgan fingerprint density at radius 1 is 1.02 bits per heavy atom. The Hall–Kier alpha value is -2.89. The van der Waals surface area contributed by atoms with Crippen molar-refractivity contribution in [3.8, 4) is 5.75 Å². The first-order valence-corrected chi connectivity index (χ1v) is 16.7. The zero-order valence-electron chi connectivity index (χ0n) is 25.2. The summed E-state index contributed by atoms with van der Waals surface area (Å²) in [5, 5.41) is 13.8. The van der Waals surface area contributed by atoms with Crippen molar-refractivity contribution in [2.24, 2.45) is 7.05 Å². The summed E-state index contributed by atoms with van der Waals surface area (Å²) in [6.07, 6.45) is 10.1. The minimum absolute atomic E-state index is 0.0514. The van der Waals surface area contributed by atoms with Crippen molar-refractivity contribution in [2.45, 2.75) is 108 Å². The van der Waals surface area contributed by atoms with E-state index in [1.807, 2.05) is 0 Å². The van der Waals surface area contributed by atoms with Crippen molar-refractivity contribution >= 4 is 44.6 Å². The molecular formula is C30H42ClN7O3S. The van der Waals surface area contributed by atoms with Crippen molar-refractivity contribution in [1.29, 1.82) is 0 Å². The smallest absolute Gasteiger partial charge is 0.229 e. The van der Waals surface area contributed by atoms with Gasteiger partial charge in [-0.15, -0.1) is 0 Å². The number of rotatable bonds is 11. The molecule has 0 unspecified atom stereocenters. The number of aromatic nitrogens is 4. The van der Waals surface area contributed by atoms with Crippen LogP contribution in [0, 0.1) is 6.92 Å². The molecule has 2 heterocycles. The fourth-order valence-electron chi connectivity index (χ4n) is 5.50. The van der Waals surface area contributed by atoms with Crippen LogP contribution < -0.4 is 20.7 Å². The van der Waals surface area contributed by atoms with Crippen LogP contribution >= 0.6 is 11.6 Å². The summed E-state index contributed by atoms with van der Waals surface area (Å²) in [4.78, 5) is 8.98. The number of nitrogens with one attached hydrogen (secondary N) is 3. The van der Waals surface area contributed by atoms with E-state index in [9.17, 15) is 8.42 Å². The van der Waals surface area contributed by atoms with Gasteiger partial charge in [-0.05, 0) is 88.5 Å². The summed E-state index contributed by atoms with van der Waals surface area (Å²) >= 11 is 6.44. The topological polar surface area (TPSA) is 123 Å². The van der Waals surface area contributed by atoms with Gasteiger partial charge in [-0.25, -0.2) is 13.4 Å². The summed E-state index contributed by atoms with van der Waals surface area (Å²) in [5.74, 6) is 1.88. The van der Waals surface area contributed by atoms with Crippen molar-refractivity contribution in [3.63, 3.8) is 0 Å². The van der Waals surface area contributed by atoms with Crippen LogP contribution in [0.2, 0.25) is 5.02 Å². The van der Waals surface area contributed by atoms with Gasteiger partial charge in [-0.3, -0.25) is 4.68 Å². The van der Waals surface area contributed by atoms with Gasteiger partial charge in [-0.2, -0.15) is 10.1 Å². The summed E-state index contributed by atoms with van der Waals surface area (Å²) in [5.41, 5.74) is 3.63. The molecule has 228 valence electrons. The van der Waals surface area contributed by atoms with E-state index in [1.165, 1.54) is 34.8 Å². The van der Waals surface area contributed by atoms with E-state index in [1.54, 1.807) is 27.1 Å². The summed E-state index contributed by atoms with van der Waals surface area (Å²) in [6.45, 7) is 9.81. The van der Waals surface area contributed by atoms with E-state index < -0.39 is 15.1 Å². The predicted molar refractivity (Wildman–Crippen MR) is 167 cm³/mol. The average Bonchev–Trinajstić information content (AvgIpc) is 3.66. The molecule has 2 aliphatic rings. The number of benzene rings is 1. The highest BCUT2D eigenvalue weighted by atomic mass is 35.5. The number of aryl methyl sites for hydroxylation is 2. The number of sulfone groups is 1. The van der Waals surface area contributed by atoms with Gasteiger partial charge < -0.3 is 20.7 Å². The number of nitrogens with zero attached hydrogens (tertiary/aromatic N) is 4. The summed E-state index contributed by atoms with van der Waals surface area (Å²) in [7, 11) is -1.97. The molecule has 3 N–H and O–H groups in total. The molecule has 0 aliphatic heterocycles. The number of anilines is 4. The number of halogens is 1. The van der Waals surface area contributed by atoms with E-state index >= 15 is 0 Å². The highest BCUT2D eigenvalue weighted by Gasteiger charge is 2.29. The summed E-state index contributed by atoms with van der Waals surface area (Å²) in [6, 6.07) is 5.40. The molecule has 1 aromatic carbocycles. The maximum atomic E-state index is 12.9. The molecule has 0 radical (unpaired) electrons. The Bertz CT molecular complexity index is 1530. The molecule has 0 saturated heterocycles. The second-order valence-corrected chi connectivity index (χ2v) is 15.0. The van der Waals surface area contributed by atoms with Crippen LogP contribution in [0.5, 0.6) is 5.75 Å². The van der Waals surface area contributed by atoms with Crippen LogP contribution in [0.25, 0.3) is 0 Å². The Balaban J connectivity index is 1.39. The van der Waals surface area contributed by atoms with Gasteiger partial charge in [0.2, 0.25) is 20.8 Å². The Labute approximate surface area is 253 Å². The van der Waals surface area contributed by atoms with Crippen LogP contribution in [-0.4, -0.2) is 51.6 Å². The monoisotopic (exact) mass is 615 g/mol. The maximum Gasteiger partial charge on any atom is 0.229 e. The van der Waals surface area contributed by atoms with Crippen LogP contribution in [-0.2, 0) is 16.9 Å². The minimum atomic E-state index is -3.63. The predicted octanol–water partition coefficient (Wildman–Crippen LogP) is 6.41. The molecule has 42 heavy (non-hydrogen) atoms. The molecule has 2 aliphatic carbocycles. The fourth-order valence-corrected chi connectivity index (χ4v) is 6.73. The second kappa shape index (κ2) is 12.4. The van der Waals surface area contributed by atoms with Crippen LogP contribution in [0.1, 0.15) is 83.3 Å². The van der Waals surface area contributed by atoms with Crippen molar-refractivity contribution in [1.82, 2.24) is 25.1 Å². The lowest BCUT2D eigenvalue weighted by atomic mass is 9.80. The highest BCUT2D eigenvalue weighted by molar-refractivity contribution is 7.92. The molecule has 0 bridgehead atoms. The van der Waals surface area contributed by atoms with Gasteiger partial charge in [0.05, 0.1) is 28.9 Å². The largest absolute Gasteiger partial charge is 0.488 e. The minimum Gasteiger partial charge on any atom is -0.488 e. The van der Waals surface area contributed by atoms with Crippen molar-refractivity contribution < 1.29 is 13.2 Å². The molecule has 0 spiro atoms. The molecule has 0 amide bonds. The van der Waals surface area contributed by atoms with E-state index in [2.05, 4.69) is 63.9 Å². The molecule has 2 saturated carbocycles. The third-order valence-corrected chi connectivity index (χ3v) is 10.2. The first-order valence-electron chi connectivity index (χ1n) is 14.8. The molecule has 2 aromatic heterocycles. The van der Waals surface area contributed by atoms with Gasteiger partial charge in [0, 0.05) is 25.3 Å². The maximum absolute atomic E-state index is 12.9. The molecule has 2 fully saturated rings. The normalized spacial score (nSPS) is 19.4. The van der Waals surface area contributed by atoms with Crippen LogP contribution in [0.15, 0.2) is 29.6 Å². The van der Waals surface area contributed by atoms with Gasteiger partial charge in [0.1, 0.15) is 10.8 Å². The van der Waals surface area contributed by atoms with Gasteiger partial charge in [0.25, 0.3) is 0 Å². The standard InChI is InChI=1S/C30H42ClN7O3S/c1-17(2)33-21-9-7-20(8-10-21)23-14-27(41-22-11-12-22)25(13-19(23)5)35-30-32-15-24(31)28(36-30)34-26-16-38(6)37-29(26)42(39,40)18(3)4/h13-18,20-22,33H,7-12H2,1-6H3,(H2,32,34,35,36)/t20-,21-. The molecule has 5 rings (SSSR count). The number of hydrogen-bond acceptors (Lipinski definition) is 9. The zero-order chi connectivity index (χ0) is 30.2. The van der Waals surface area contributed by atoms with Crippen LogP contribution in [0.3, 0.4) is 0 Å². The number of ether oxygens (including phenoxy) is 1. The highest BCUT2D eigenvalue weighted by Crippen LogP contribution is 2.41. The lowest BCUT2D eigenvalue weighted by Crippen LogP contribution is -2.37. The Morgan fingerprint density at radius 3 is 2.38 bits per heavy atom. The summed E-state index contributed by atoms with van der Waals surface area (Å²) < 4.78 is 33.6. The lowest BCUT2D eigenvalue weighted by Gasteiger charge is -2.32. The van der Waals surface area contributed by atoms with Crippen molar-refractivity contribution in [2.75, 3.05) is 10.6 Å². The first kappa shape index (κ1) is 30.6. The molecule has 0 atom stereocenters. The average molecular weight is 616 g/mol. The van der Waals surface area contributed by atoms with E-state index in [0.29, 0.717) is 29.6 Å². The van der Waals surface area contributed by atoms with Gasteiger partial charge in [-0.1, -0.05) is 25.4 Å². The quantitative estimate of drug-likeness (QED) is 0.225. The molecular weight excluding hydrogens is 574 g/mol. The van der Waals surface area contributed by atoms with E-state index in [0.717, 1.165) is 37.1 Å². The van der Waals surface area contributed by atoms with E-state index in [-0.39, 0.29) is 22.0 Å². The second-order valence-electron chi connectivity index (χ2n) is 12.1. The van der Waals surface area contributed by atoms with Crippen LogP contribution in [0.4, 0.5) is 23.1 Å². The number of hydrogen-bond donors (Lipinski definition) is 3. The SMILES string of the molecule is Cc1cc(Nc2ncc(Cl)c(Nc3cn(C)nc3S(=O)(=O)C(C)C)n2)c(OC2CC2)cc1[C@H]1CC[C@H](NC(C)C)CC1. The zero-order valence-corrected chi connectivity index (χ0v) is 26.8. The fraction of sp³-hybridized carbons (Fsp3) is 0.567. The molecule has 12 heteroatoms. The third kappa shape index (κ3) is 7.01. The first-order chi connectivity index (χ1) is 19.9. The lowest BCUT2D eigenvalue weighted by molar-refractivity contribution is 0.302. The van der Waals surface area contributed by atoms with E-state index in [4.69, 9.17) is 16.3 Å². The Morgan fingerprint density at radius 2 is 1.74 bits per heavy atom.